The lowest BCUT2D eigenvalue weighted by Gasteiger charge is -2.27. The highest BCUT2D eigenvalue weighted by atomic mass is 16.5. The molecule has 6 heteroatoms. The molecule has 6 nitrogen and oxygen atoms in total. The minimum absolute atomic E-state index is 0.0604. The van der Waals surface area contributed by atoms with Gasteiger partial charge in [-0.15, -0.1) is 0 Å². The highest BCUT2D eigenvalue weighted by molar-refractivity contribution is 5.79. The van der Waals surface area contributed by atoms with Gasteiger partial charge in [0.2, 0.25) is 5.91 Å². The molecule has 0 aromatic heterocycles. The average molecular weight is 227 g/mol. The van der Waals surface area contributed by atoms with E-state index in [-0.39, 0.29) is 11.9 Å². The van der Waals surface area contributed by atoms with Crippen LogP contribution in [0, 0.1) is 0 Å². The van der Waals surface area contributed by atoms with Crippen molar-refractivity contribution in [2.75, 3.05) is 45.9 Å². The molecule has 2 aliphatic rings. The molecule has 0 spiro atoms. The van der Waals surface area contributed by atoms with Gasteiger partial charge in [0.05, 0.1) is 13.2 Å². The van der Waals surface area contributed by atoms with Crippen LogP contribution in [0.15, 0.2) is 0 Å². The van der Waals surface area contributed by atoms with E-state index in [1.807, 2.05) is 0 Å². The molecule has 2 rings (SSSR count). The van der Waals surface area contributed by atoms with Crippen LogP contribution < -0.4 is 5.32 Å². The molecule has 2 saturated heterocycles. The molecule has 16 heavy (non-hydrogen) atoms. The largest absolute Gasteiger partial charge is 0.378 e. The van der Waals surface area contributed by atoms with Gasteiger partial charge in [0.1, 0.15) is 0 Å². The van der Waals surface area contributed by atoms with Crippen molar-refractivity contribution in [2.24, 2.45) is 0 Å². The fourth-order valence-corrected chi connectivity index (χ4v) is 1.93. The van der Waals surface area contributed by atoms with Gasteiger partial charge in [0, 0.05) is 39.1 Å². The number of nitrogens with one attached hydrogen (secondary N) is 1. The summed E-state index contributed by atoms with van der Waals surface area (Å²) in [6.07, 6.45) is 0.410. The first-order valence-electron chi connectivity index (χ1n) is 5.65. The summed E-state index contributed by atoms with van der Waals surface area (Å²) in [6, 6.07) is -0.0604. The first-order chi connectivity index (χ1) is 7.77. The number of ether oxygens (including phenoxy) is 1. The highest BCUT2D eigenvalue weighted by Gasteiger charge is 2.22. The first kappa shape index (κ1) is 11.2. The third kappa shape index (κ3) is 2.63. The lowest BCUT2D eigenvalue weighted by atomic mass is 10.3. The average Bonchev–Trinajstić information content (AvgIpc) is 2.73. The van der Waals surface area contributed by atoms with E-state index < -0.39 is 0 Å². The molecule has 3 amide bonds. The van der Waals surface area contributed by atoms with Gasteiger partial charge in [-0.3, -0.25) is 4.79 Å². The molecule has 0 bridgehead atoms. The second kappa shape index (κ2) is 5.16. The van der Waals surface area contributed by atoms with Crippen LogP contribution in [0.4, 0.5) is 4.79 Å². The molecule has 2 fully saturated rings. The Hall–Kier alpha value is -1.30. The Morgan fingerprint density at radius 3 is 2.69 bits per heavy atom. The van der Waals surface area contributed by atoms with Crippen LogP contribution in [0.5, 0.6) is 0 Å². The van der Waals surface area contributed by atoms with Crippen LogP contribution in [0.3, 0.4) is 0 Å². The van der Waals surface area contributed by atoms with Gasteiger partial charge >= 0.3 is 6.03 Å². The molecular weight excluding hydrogens is 210 g/mol. The Morgan fingerprint density at radius 2 is 2.06 bits per heavy atom. The Balaban J connectivity index is 1.72. The van der Waals surface area contributed by atoms with E-state index in [0.717, 1.165) is 0 Å². The van der Waals surface area contributed by atoms with E-state index in [4.69, 9.17) is 4.74 Å². The van der Waals surface area contributed by atoms with Gasteiger partial charge in [0.15, 0.2) is 0 Å². The number of carbonyl (C=O) groups excluding carboxylic acids is 2. The van der Waals surface area contributed by atoms with Crippen molar-refractivity contribution in [3.63, 3.8) is 0 Å². The molecule has 1 N–H and O–H groups in total. The van der Waals surface area contributed by atoms with Crippen molar-refractivity contribution in [1.82, 2.24) is 15.1 Å². The minimum Gasteiger partial charge on any atom is -0.378 e. The number of amides is 3. The zero-order chi connectivity index (χ0) is 11.4. The quantitative estimate of drug-likeness (QED) is 0.691. The predicted octanol–water partition coefficient (Wildman–Crippen LogP) is -0.739. The van der Waals surface area contributed by atoms with Crippen molar-refractivity contribution >= 4 is 11.9 Å². The van der Waals surface area contributed by atoms with Crippen LogP contribution in [0.1, 0.15) is 6.42 Å². The molecular formula is C10H17N3O3. The topological polar surface area (TPSA) is 61.9 Å². The molecule has 0 aromatic carbocycles. The Labute approximate surface area is 94.5 Å². The molecule has 2 heterocycles. The van der Waals surface area contributed by atoms with E-state index in [0.29, 0.717) is 52.4 Å². The minimum atomic E-state index is -0.0604. The standard InChI is InChI=1S/C10H17N3O3/c14-9(12-5-7-16-8-6-12)1-3-13-4-2-11-10(13)15/h1-8H2,(H,11,15). The smallest absolute Gasteiger partial charge is 0.317 e. The fourth-order valence-electron chi connectivity index (χ4n) is 1.93. The predicted molar refractivity (Wildman–Crippen MR) is 57.0 cm³/mol. The third-order valence-electron chi connectivity index (χ3n) is 2.90. The highest BCUT2D eigenvalue weighted by Crippen LogP contribution is 2.03. The summed E-state index contributed by atoms with van der Waals surface area (Å²) in [6.45, 7) is 4.49. The lowest BCUT2D eigenvalue weighted by Crippen LogP contribution is -2.42. The Kier molecular flexibility index (Phi) is 3.61. The normalized spacial score (nSPS) is 21.1. The van der Waals surface area contributed by atoms with Crippen LogP contribution in [-0.2, 0) is 9.53 Å². The van der Waals surface area contributed by atoms with Gasteiger partial charge in [-0.05, 0) is 0 Å². The molecule has 90 valence electrons. The maximum Gasteiger partial charge on any atom is 0.317 e. The van der Waals surface area contributed by atoms with E-state index in [9.17, 15) is 9.59 Å². The molecule has 2 aliphatic heterocycles. The number of hydrogen-bond donors (Lipinski definition) is 1. The second-order valence-corrected chi connectivity index (χ2v) is 3.96. The number of nitrogens with zero attached hydrogens (tertiary/aromatic N) is 2. The molecule has 0 unspecified atom stereocenters. The van der Waals surface area contributed by atoms with Crippen LogP contribution >= 0.6 is 0 Å². The monoisotopic (exact) mass is 227 g/mol. The van der Waals surface area contributed by atoms with Crippen LogP contribution in [0.2, 0.25) is 0 Å². The lowest BCUT2D eigenvalue weighted by molar-refractivity contribution is -0.135. The summed E-state index contributed by atoms with van der Waals surface area (Å²) in [5, 5.41) is 2.71. The fraction of sp³-hybridized carbons (Fsp3) is 0.800. The number of morpholine rings is 1. The van der Waals surface area contributed by atoms with Crippen molar-refractivity contribution < 1.29 is 14.3 Å². The van der Waals surface area contributed by atoms with Crippen LogP contribution in [-0.4, -0.2) is 67.7 Å². The van der Waals surface area contributed by atoms with Gasteiger partial charge in [-0.2, -0.15) is 0 Å². The Morgan fingerprint density at radius 1 is 1.31 bits per heavy atom. The SMILES string of the molecule is O=C(CCN1CCNC1=O)N1CCOCC1. The van der Waals surface area contributed by atoms with Crippen molar-refractivity contribution in [1.29, 1.82) is 0 Å². The Bertz CT molecular complexity index is 276. The van der Waals surface area contributed by atoms with E-state index >= 15 is 0 Å². The van der Waals surface area contributed by atoms with Gasteiger partial charge in [-0.1, -0.05) is 0 Å². The van der Waals surface area contributed by atoms with Crippen molar-refractivity contribution in [2.45, 2.75) is 6.42 Å². The molecule has 0 saturated carbocycles. The third-order valence-corrected chi connectivity index (χ3v) is 2.90. The van der Waals surface area contributed by atoms with E-state index in [1.165, 1.54) is 0 Å². The number of hydrogen-bond acceptors (Lipinski definition) is 3. The molecule has 0 atom stereocenters. The zero-order valence-corrected chi connectivity index (χ0v) is 9.28. The van der Waals surface area contributed by atoms with Crippen LogP contribution in [0.25, 0.3) is 0 Å². The zero-order valence-electron chi connectivity index (χ0n) is 9.28. The maximum atomic E-state index is 11.8. The molecule has 0 aromatic rings. The van der Waals surface area contributed by atoms with E-state index in [2.05, 4.69) is 5.32 Å². The number of carbonyl (C=O) groups is 2. The molecule has 0 radical (unpaired) electrons. The van der Waals surface area contributed by atoms with Gasteiger partial charge in [0.25, 0.3) is 0 Å². The van der Waals surface area contributed by atoms with Gasteiger partial charge in [-0.25, -0.2) is 4.79 Å². The molecule has 0 aliphatic carbocycles. The van der Waals surface area contributed by atoms with Crippen molar-refractivity contribution in [3.05, 3.63) is 0 Å². The van der Waals surface area contributed by atoms with E-state index in [1.54, 1.807) is 9.80 Å². The van der Waals surface area contributed by atoms with Crippen molar-refractivity contribution in [3.8, 4) is 0 Å². The summed E-state index contributed by atoms with van der Waals surface area (Å²) < 4.78 is 5.18. The summed E-state index contributed by atoms with van der Waals surface area (Å²) in [5.41, 5.74) is 0. The maximum absolute atomic E-state index is 11.8. The summed E-state index contributed by atoms with van der Waals surface area (Å²) in [5.74, 6) is 0.114. The number of urea groups is 1. The summed E-state index contributed by atoms with van der Waals surface area (Å²) in [7, 11) is 0. The van der Waals surface area contributed by atoms with Gasteiger partial charge < -0.3 is 19.9 Å². The summed E-state index contributed by atoms with van der Waals surface area (Å²) >= 11 is 0. The second-order valence-electron chi connectivity index (χ2n) is 3.96. The first-order valence-corrected chi connectivity index (χ1v) is 5.65. The number of rotatable bonds is 3. The summed E-state index contributed by atoms with van der Waals surface area (Å²) in [4.78, 5) is 26.5.